The molecule has 0 saturated heterocycles. The van der Waals surface area contributed by atoms with Crippen molar-refractivity contribution >= 4 is 97.1 Å². The zero-order valence-electron chi connectivity index (χ0n) is 40.7. The predicted octanol–water partition coefficient (Wildman–Crippen LogP) is 19.2. The quantitative estimate of drug-likeness (QED) is 0.172. The molecule has 3 nitrogen and oxygen atoms in total. The Morgan fingerprint density at radius 2 is 0.986 bits per heavy atom. The van der Waals surface area contributed by atoms with Gasteiger partial charge in [-0.05, 0) is 161 Å². The molecular weight excluding hydrogens is 917 g/mol. The number of aromatic nitrogens is 2. The zero-order chi connectivity index (χ0) is 48.0. The Morgan fingerprint density at radius 3 is 1.77 bits per heavy atom. The first kappa shape index (κ1) is 40.3. The van der Waals surface area contributed by atoms with Gasteiger partial charge in [-0.1, -0.05) is 140 Å². The lowest BCUT2D eigenvalue weighted by molar-refractivity contribution is -0.0399. The lowest BCUT2D eigenvalue weighted by Gasteiger charge is -2.61. The van der Waals surface area contributed by atoms with Crippen molar-refractivity contribution in [3.8, 4) is 44.8 Å². The first-order chi connectivity index (χ1) is 36.6. The molecule has 5 aliphatic carbocycles. The molecular formula is C70H48N2OS. The summed E-state index contributed by atoms with van der Waals surface area (Å²) in [6, 6.07) is 78.0. The third-order valence-corrected chi connectivity index (χ3v) is 20.1. The second kappa shape index (κ2) is 14.5. The molecule has 4 heteroatoms. The molecule has 350 valence electrons. The van der Waals surface area contributed by atoms with Crippen LogP contribution in [-0.4, -0.2) is 9.13 Å². The third-order valence-electron chi connectivity index (χ3n) is 18.9. The molecule has 10 aromatic carbocycles. The van der Waals surface area contributed by atoms with Crippen molar-refractivity contribution in [2.75, 3.05) is 0 Å². The fourth-order valence-electron chi connectivity index (χ4n) is 16.3. The summed E-state index contributed by atoms with van der Waals surface area (Å²) < 4.78 is 14.8. The summed E-state index contributed by atoms with van der Waals surface area (Å²) in [5, 5.41) is 9.90. The van der Waals surface area contributed by atoms with Crippen molar-refractivity contribution in [1.82, 2.24) is 9.13 Å². The maximum atomic E-state index is 7.15. The minimum absolute atomic E-state index is 0.110. The lowest BCUT2D eigenvalue weighted by atomic mass is 9.43. The first-order valence-corrected chi connectivity index (χ1v) is 27.6. The van der Waals surface area contributed by atoms with Crippen molar-refractivity contribution in [2.45, 2.75) is 37.5 Å². The molecule has 5 aliphatic rings. The molecule has 0 unspecified atom stereocenters. The SMILES string of the molecule is c1ccc2c(c1)-c1ccc(-c3cccc4c3oc3cccc(-n5c6ccccc6c6ccc(-c7ccc8c9ccccc9n(-c9ccc%10sc%11ccccc%11c%10c9)c8c7)cc65)c34)cc1C21C2CC3CC(C2)CC1C3. The van der Waals surface area contributed by atoms with E-state index in [0.717, 1.165) is 51.3 Å². The topological polar surface area (TPSA) is 23.0 Å². The van der Waals surface area contributed by atoms with Gasteiger partial charge in [0.15, 0.2) is 0 Å². The number of fused-ring (bicyclic) bond motifs is 15. The molecule has 19 rings (SSSR count). The van der Waals surface area contributed by atoms with Crippen LogP contribution in [0.15, 0.2) is 211 Å². The Balaban J connectivity index is 0.806. The molecule has 14 aromatic rings. The molecule has 4 aromatic heterocycles. The maximum absolute atomic E-state index is 7.15. The Labute approximate surface area is 431 Å². The van der Waals surface area contributed by atoms with Gasteiger partial charge in [0.05, 0.1) is 33.1 Å². The van der Waals surface area contributed by atoms with Crippen molar-refractivity contribution in [3.63, 3.8) is 0 Å². The van der Waals surface area contributed by atoms with E-state index in [1.807, 2.05) is 11.3 Å². The summed E-state index contributed by atoms with van der Waals surface area (Å²) in [5.74, 6) is 3.25. The monoisotopic (exact) mass is 964 g/mol. The first-order valence-electron chi connectivity index (χ1n) is 26.8. The van der Waals surface area contributed by atoms with Crippen molar-refractivity contribution < 1.29 is 4.42 Å². The second-order valence-electron chi connectivity index (χ2n) is 22.4. The molecule has 0 aliphatic heterocycles. The minimum atomic E-state index is 0.110. The van der Waals surface area contributed by atoms with E-state index in [9.17, 15) is 0 Å². The standard InChI is InChI=1S/C70H48N2OS/c1-5-17-58-49(11-1)50-27-25-44(36-59(50)70(58)45-32-40-31-41(34-45)35-46(70)33-40)48-15-9-16-56-68-62(20-10-21-65(68)73-69(48)56)72-61-19-7-3-13-52(61)54-29-24-43(38-64(54)72)42-23-28-53-51-12-2-6-18-60(51)71(63(53)37-42)47-26-30-67-57(39-47)55-14-4-8-22-66(55)74-67/h1-30,36-41,45-46H,31-35H2. The average Bonchev–Trinajstić information content (AvgIpc) is 4.26. The van der Waals surface area contributed by atoms with E-state index >= 15 is 0 Å². The fourth-order valence-corrected chi connectivity index (χ4v) is 17.3. The highest BCUT2D eigenvalue weighted by Crippen LogP contribution is 2.69. The van der Waals surface area contributed by atoms with Gasteiger partial charge in [0.25, 0.3) is 0 Å². The molecule has 0 atom stereocenters. The van der Waals surface area contributed by atoms with Gasteiger partial charge in [0.2, 0.25) is 0 Å². The maximum Gasteiger partial charge on any atom is 0.143 e. The molecule has 4 bridgehead atoms. The van der Waals surface area contributed by atoms with Crippen LogP contribution in [0.1, 0.15) is 43.2 Å². The van der Waals surface area contributed by atoms with Crippen LogP contribution in [0.5, 0.6) is 0 Å². The van der Waals surface area contributed by atoms with Crippen LogP contribution in [0.25, 0.3) is 130 Å². The van der Waals surface area contributed by atoms with Crippen molar-refractivity contribution in [1.29, 1.82) is 0 Å². The summed E-state index contributed by atoms with van der Waals surface area (Å²) in [6.45, 7) is 0. The van der Waals surface area contributed by atoms with Crippen molar-refractivity contribution in [3.05, 3.63) is 217 Å². The summed E-state index contributed by atoms with van der Waals surface area (Å²) in [7, 11) is 0. The van der Waals surface area contributed by atoms with E-state index in [1.54, 1.807) is 11.1 Å². The highest BCUT2D eigenvalue weighted by atomic mass is 32.1. The second-order valence-corrected chi connectivity index (χ2v) is 23.4. The van der Waals surface area contributed by atoms with Gasteiger partial charge in [0.1, 0.15) is 11.2 Å². The summed E-state index contributed by atoms with van der Waals surface area (Å²) in [4.78, 5) is 0. The molecule has 1 spiro atoms. The number of furan rings is 1. The van der Waals surface area contributed by atoms with Gasteiger partial charge in [0, 0.05) is 63.8 Å². The normalized spacial score (nSPS) is 20.8. The molecule has 4 saturated carbocycles. The van der Waals surface area contributed by atoms with Gasteiger partial charge in [-0.25, -0.2) is 0 Å². The number of thiophene rings is 1. The van der Waals surface area contributed by atoms with Gasteiger partial charge >= 0.3 is 0 Å². The van der Waals surface area contributed by atoms with Crippen LogP contribution in [0.3, 0.4) is 0 Å². The van der Waals surface area contributed by atoms with Crippen molar-refractivity contribution in [2.24, 2.45) is 23.7 Å². The Kier molecular flexibility index (Phi) is 7.91. The number of benzene rings is 10. The van der Waals surface area contributed by atoms with Crippen LogP contribution < -0.4 is 0 Å². The summed E-state index contributed by atoms with van der Waals surface area (Å²) in [5.41, 5.74) is 20.0. The van der Waals surface area contributed by atoms with Gasteiger partial charge in [-0.15, -0.1) is 11.3 Å². The molecule has 0 N–H and O–H groups in total. The third kappa shape index (κ3) is 5.21. The van der Waals surface area contributed by atoms with Crippen LogP contribution in [0.4, 0.5) is 0 Å². The van der Waals surface area contributed by atoms with Gasteiger partial charge < -0.3 is 13.6 Å². The molecule has 0 amide bonds. The largest absolute Gasteiger partial charge is 0.455 e. The minimum Gasteiger partial charge on any atom is -0.455 e. The lowest BCUT2D eigenvalue weighted by Crippen LogP contribution is -2.55. The molecule has 74 heavy (non-hydrogen) atoms. The highest BCUT2D eigenvalue weighted by molar-refractivity contribution is 7.25. The summed E-state index contributed by atoms with van der Waals surface area (Å²) in [6.07, 6.45) is 6.97. The summed E-state index contributed by atoms with van der Waals surface area (Å²) >= 11 is 1.87. The molecule has 0 radical (unpaired) electrons. The predicted molar refractivity (Wildman–Crippen MR) is 309 cm³/mol. The zero-order valence-corrected chi connectivity index (χ0v) is 41.5. The number of nitrogens with zero attached hydrogens (tertiary/aromatic N) is 2. The smallest absolute Gasteiger partial charge is 0.143 e. The van der Waals surface area contributed by atoms with E-state index in [2.05, 4.69) is 215 Å². The number of rotatable bonds is 4. The molecule has 4 fully saturated rings. The Hall–Kier alpha value is -8.18. The van der Waals surface area contributed by atoms with E-state index in [4.69, 9.17) is 4.42 Å². The van der Waals surface area contributed by atoms with Crippen LogP contribution in [0, 0.1) is 23.7 Å². The Bertz CT molecular complexity index is 4740. The van der Waals surface area contributed by atoms with E-state index < -0.39 is 0 Å². The fraction of sp³-hybridized carbons (Fsp3) is 0.143. The number of hydrogen-bond donors (Lipinski definition) is 0. The van der Waals surface area contributed by atoms with Crippen LogP contribution in [0.2, 0.25) is 0 Å². The van der Waals surface area contributed by atoms with Gasteiger partial charge in [-0.2, -0.15) is 0 Å². The molecule has 4 heterocycles. The van der Waals surface area contributed by atoms with E-state index in [-0.39, 0.29) is 5.41 Å². The highest BCUT2D eigenvalue weighted by Gasteiger charge is 2.61. The van der Waals surface area contributed by atoms with Gasteiger partial charge in [-0.3, -0.25) is 0 Å². The van der Waals surface area contributed by atoms with E-state index in [0.29, 0.717) is 0 Å². The van der Waals surface area contributed by atoms with Crippen LogP contribution in [-0.2, 0) is 5.41 Å². The average molecular weight is 965 g/mol. The number of hydrogen-bond acceptors (Lipinski definition) is 2. The number of para-hydroxylation sites is 3. The Morgan fingerprint density at radius 1 is 0.392 bits per heavy atom. The van der Waals surface area contributed by atoms with E-state index in [1.165, 1.54) is 135 Å². The van der Waals surface area contributed by atoms with Crippen LogP contribution >= 0.6 is 11.3 Å².